The number of methoxy groups -OCH3 is 1. The smallest absolute Gasteiger partial charge is 0.226 e. The van der Waals surface area contributed by atoms with Gasteiger partial charge < -0.3 is 19.9 Å². The van der Waals surface area contributed by atoms with Crippen LogP contribution in [-0.2, 0) is 24.7 Å². The topological polar surface area (TPSA) is 75.5 Å². The van der Waals surface area contributed by atoms with Crippen molar-refractivity contribution in [3.8, 4) is 5.75 Å². The number of carbonyl (C=O) groups excluding carboxylic acids is 1. The number of aromatic nitrogens is 3. The fraction of sp³-hybridized carbons (Fsp3) is 0.480. The Bertz CT molecular complexity index is 1420. The minimum atomic E-state index is 0.0583. The number of anilines is 2. The summed E-state index contributed by atoms with van der Waals surface area (Å²) in [6.07, 6.45) is 5.23. The fourth-order valence-electron chi connectivity index (χ4n) is 5.46. The molecule has 8 nitrogen and oxygen atoms in total. The Hall–Kier alpha value is -2.69. The number of hydrogen-bond donors (Lipinski definition) is 1. The third kappa shape index (κ3) is 3.88. The maximum atomic E-state index is 13.3. The van der Waals surface area contributed by atoms with Gasteiger partial charge in [-0.3, -0.25) is 8.75 Å². The zero-order valence-corrected chi connectivity index (χ0v) is 22.1. The first-order valence-electron chi connectivity index (χ1n) is 12.0. The number of amides is 1. The van der Waals surface area contributed by atoms with E-state index < -0.39 is 0 Å². The molecule has 0 radical (unpaired) electrons. The van der Waals surface area contributed by atoms with Crippen LogP contribution in [0.1, 0.15) is 23.3 Å². The van der Waals surface area contributed by atoms with Crippen LogP contribution in [0.3, 0.4) is 0 Å². The summed E-state index contributed by atoms with van der Waals surface area (Å²) in [5.41, 5.74) is 3.37. The maximum absolute atomic E-state index is 13.3. The van der Waals surface area contributed by atoms with Gasteiger partial charge in [0, 0.05) is 43.0 Å². The average molecular weight is 511 g/mol. The third-order valence-electron chi connectivity index (χ3n) is 7.51. The molecule has 35 heavy (non-hydrogen) atoms. The number of ether oxygens (including phenoxy) is 1. The Labute approximate surface area is 212 Å². The molecule has 0 spiro atoms. The summed E-state index contributed by atoms with van der Waals surface area (Å²) in [7, 11) is 7.94. The van der Waals surface area contributed by atoms with Crippen molar-refractivity contribution in [1.82, 2.24) is 23.7 Å². The highest BCUT2D eigenvalue weighted by atomic mass is 32.1. The predicted molar refractivity (Wildman–Crippen MR) is 142 cm³/mol. The standard InChI is InChI=1S/C25H30N6O2S2/c1-29(2)15-7-8-31(12-15)25(32)14-5-6-16-20(9-14)34-24-22(16)23(26-13-27-24)28-17-10-21-18(30(3)35-21)11-19(17)33-4/h10-11,13-15H,5-9,12H2,1-4H3,(H,26,27,28)/t14-,15+/m0/s1. The largest absolute Gasteiger partial charge is 0.494 e. The second kappa shape index (κ2) is 8.76. The molecule has 2 aliphatic rings. The van der Waals surface area contributed by atoms with Crippen LogP contribution in [0.25, 0.3) is 20.4 Å². The van der Waals surface area contributed by atoms with Gasteiger partial charge in [-0.2, -0.15) is 0 Å². The molecule has 4 aromatic rings. The minimum absolute atomic E-state index is 0.0583. The van der Waals surface area contributed by atoms with Gasteiger partial charge in [-0.05, 0) is 51.4 Å². The Morgan fingerprint density at radius 2 is 2.11 bits per heavy atom. The lowest BCUT2D eigenvalue weighted by Crippen LogP contribution is -2.39. The number of nitrogens with one attached hydrogen (secondary N) is 1. The number of rotatable bonds is 5. The third-order valence-corrected chi connectivity index (χ3v) is 9.67. The summed E-state index contributed by atoms with van der Waals surface area (Å²) >= 11 is 3.42. The fourth-order valence-corrected chi connectivity index (χ4v) is 7.60. The van der Waals surface area contributed by atoms with Crippen LogP contribution in [0.2, 0.25) is 0 Å². The number of aryl methyl sites for hydroxylation is 2. The number of nitrogens with zero attached hydrogens (tertiary/aromatic N) is 5. The van der Waals surface area contributed by atoms with Crippen molar-refractivity contribution in [1.29, 1.82) is 0 Å². The van der Waals surface area contributed by atoms with Gasteiger partial charge in [0.15, 0.2) is 0 Å². The lowest BCUT2D eigenvalue weighted by molar-refractivity contribution is -0.134. The molecule has 4 heterocycles. The number of benzene rings is 1. The van der Waals surface area contributed by atoms with E-state index in [2.05, 4.69) is 55.3 Å². The van der Waals surface area contributed by atoms with E-state index in [1.807, 2.05) is 7.05 Å². The summed E-state index contributed by atoms with van der Waals surface area (Å²) < 4.78 is 9.01. The molecule has 1 amide bonds. The zero-order valence-electron chi connectivity index (χ0n) is 20.5. The monoisotopic (exact) mass is 510 g/mol. The molecule has 0 saturated carbocycles. The lowest BCUT2D eigenvalue weighted by Gasteiger charge is -2.27. The van der Waals surface area contributed by atoms with Crippen molar-refractivity contribution < 1.29 is 9.53 Å². The molecule has 0 bridgehead atoms. The van der Waals surface area contributed by atoms with Gasteiger partial charge in [0.1, 0.15) is 22.7 Å². The number of likely N-dealkylation sites (N-methyl/N-ethyl adjacent to an activating group) is 1. The summed E-state index contributed by atoms with van der Waals surface area (Å²) in [5, 5.41) is 4.62. The number of thiophene rings is 1. The SMILES string of the molecule is COc1cc2c(cc1Nc1ncnc3sc4c(c13)CC[C@H](C(=O)N1CC[C@@H](N(C)C)C1)C4)sn2C. The van der Waals surface area contributed by atoms with Gasteiger partial charge in [-0.1, -0.05) is 11.5 Å². The van der Waals surface area contributed by atoms with E-state index in [-0.39, 0.29) is 5.92 Å². The molecule has 6 rings (SSSR count). The molecule has 3 aromatic heterocycles. The van der Waals surface area contributed by atoms with E-state index in [0.29, 0.717) is 11.9 Å². The molecule has 10 heteroatoms. The molecule has 1 N–H and O–H groups in total. The van der Waals surface area contributed by atoms with Crippen molar-refractivity contribution >= 4 is 60.7 Å². The van der Waals surface area contributed by atoms with E-state index in [1.165, 1.54) is 20.7 Å². The van der Waals surface area contributed by atoms with Crippen LogP contribution in [0, 0.1) is 5.92 Å². The number of fused-ring (bicyclic) bond motifs is 4. The second-order valence-electron chi connectivity index (χ2n) is 9.77. The molecule has 1 fully saturated rings. The van der Waals surface area contributed by atoms with Gasteiger partial charge in [0.05, 0.1) is 28.4 Å². The van der Waals surface area contributed by atoms with Crippen LogP contribution in [0.4, 0.5) is 11.5 Å². The van der Waals surface area contributed by atoms with Gasteiger partial charge in [-0.15, -0.1) is 11.3 Å². The normalized spacial score (nSPS) is 20.2. The molecule has 1 aliphatic heterocycles. The molecule has 2 atom stereocenters. The van der Waals surface area contributed by atoms with Crippen molar-refractivity contribution in [2.24, 2.45) is 13.0 Å². The quantitative estimate of drug-likeness (QED) is 0.432. The highest BCUT2D eigenvalue weighted by Crippen LogP contribution is 2.42. The predicted octanol–water partition coefficient (Wildman–Crippen LogP) is 4.26. The zero-order chi connectivity index (χ0) is 24.3. The van der Waals surface area contributed by atoms with Gasteiger partial charge in [-0.25, -0.2) is 9.97 Å². The van der Waals surface area contributed by atoms with Gasteiger partial charge in [0.25, 0.3) is 0 Å². The first-order valence-corrected chi connectivity index (χ1v) is 13.6. The van der Waals surface area contributed by atoms with Crippen LogP contribution in [0.15, 0.2) is 18.5 Å². The second-order valence-corrected chi connectivity index (χ2v) is 12.0. The molecule has 1 saturated heterocycles. The Balaban J connectivity index is 1.27. The van der Waals surface area contributed by atoms with E-state index in [1.54, 1.807) is 36.3 Å². The van der Waals surface area contributed by atoms with Crippen molar-refractivity contribution in [3.63, 3.8) is 0 Å². The Kier molecular flexibility index (Phi) is 5.69. The van der Waals surface area contributed by atoms with Crippen molar-refractivity contribution in [2.75, 3.05) is 39.6 Å². The highest BCUT2D eigenvalue weighted by Gasteiger charge is 2.35. The minimum Gasteiger partial charge on any atom is -0.494 e. The first-order chi connectivity index (χ1) is 16.9. The van der Waals surface area contributed by atoms with E-state index in [0.717, 1.165) is 66.2 Å². The van der Waals surface area contributed by atoms with Crippen molar-refractivity contribution in [2.45, 2.75) is 31.7 Å². The molecule has 0 unspecified atom stereocenters. The average Bonchev–Trinajstić information content (AvgIpc) is 3.48. The molecule has 184 valence electrons. The van der Waals surface area contributed by atoms with Gasteiger partial charge >= 0.3 is 0 Å². The van der Waals surface area contributed by atoms with Gasteiger partial charge in [0.2, 0.25) is 5.91 Å². The molecular weight excluding hydrogens is 480 g/mol. The highest BCUT2D eigenvalue weighted by molar-refractivity contribution is 7.19. The first kappa shape index (κ1) is 22.8. The summed E-state index contributed by atoms with van der Waals surface area (Å²) in [4.78, 5) is 29.1. The van der Waals surface area contributed by atoms with Crippen LogP contribution in [0.5, 0.6) is 5.75 Å². The summed E-state index contributed by atoms with van der Waals surface area (Å²) in [6.45, 7) is 1.71. The van der Waals surface area contributed by atoms with E-state index in [4.69, 9.17) is 4.74 Å². The molecule has 1 aliphatic carbocycles. The lowest BCUT2D eigenvalue weighted by atomic mass is 9.87. The molecule has 1 aromatic carbocycles. The number of carbonyl (C=O) groups is 1. The Morgan fingerprint density at radius 1 is 1.26 bits per heavy atom. The van der Waals surface area contributed by atoms with Crippen molar-refractivity contribution in [3.05, 3.63) is 28.9 Å². The van der Waals surface area contributed by atoms with E-state index >= 15 is 0 Å². The summed E-state index contributed by atoms with van der Waals surface area (Å²) in [5.74, 6) is 1.97. The van der Waals surface area contributed by atoms with E-state index in [9.17, 15) is 4.79 Å². The molecular formula is C25H30N6O2S2. The van der Waals surface area contributed by atoms with Crippen LogP contribution >= 0.6 is 22.9 Å². The number of hydrogen-bond acceptors (Lipinski definition) is 8. The van der Waals surface area contributed by atoms with Crippen LogP contribution in [-0.4, -0.2) is 70.0 Å². The van der Waals surface area contributed by atoms with Crippen LogP contribution < -0.4 is 10.1 Å². The Morgan fingerprint density at radius 3 is 2.86 bits per heavy atom. The number of likely N-dealkylation sites (tertiary alicyclic amines) is 1. The summed E-state index contributed by atoms with van der Waals surface area (Å²) in [6, 6.07) is 4.65. The maximum Gasteiger partial charge on any atom is 0.226 e.